The largest absolute Gasteiger partial charge is 0.226 e. The van der Waals surface area contributed by atoms with Crippen LogP contribution in [-0.2, 0) is 6.42 Å². The van der Waals surface area contributed by atoms with Gasteiger partial charge in [0, 0.05) is 0 Å². The van der Waals surface area contributed by atoms with E-state index in [0.29, 0.717) is 5.92 Å². The summed E-state index contributed by atoms with van der Waals surface area (Å²) in [5.41, 5.74) is 2.22. The van der Waals surface area contributed by atoms with E-state index in [4.69, 9.17) is 0 Å². The van der Waals surface area contributed by atoms with Crippen molar-refractivity contribution in [2.45, 2.75) is 20.3 Å². The van der Waals surface area contributed by atoms with E-state index in [1.165, 1.54) is 0 Å². The van der Waals surface area contributed by atoms with Crippen molar-refractivity contribution in [1.82, 2.24) is 9.78 Å². The van der Waals surface area contributed by atoms with Crippen molar-refractivity contribution >= 4 is 15.9 Å². The van der Waals surface area contributed by atoms with Gasteiger partial charge in [0.1, 0.15) is 4.60 Å². The Morgan fingerprint density at radius 3 is 2.56 bits per heavy atom. The Morgan fingerprint density at radius 1 is 1.25 bits per heavy atom. The summed E-state index contributed by atoms with van der Waals surface area (Å²) in [5.74, 6) is 0.631. The molecule has 2 rings (SSSR count). The first kappa shape index (κ1) is 11.4. The molecule has 0 amide bonds. The van der Waals surface area contributed by atoms with Gasteiger partial charge in [0.05, 0.1) is 11.4 Å². The molecular formula is C13H15BrN2. The summed E-state index contributed by atoms with van der Waals surface area (Å²) in [5, 5.41) is 4.59. The molecule has 0 aliphatic carbocycles. The van der Waals surface area contributed by atoms with E-state index in [1.54, 1.807) is 0 Å². The van der Waals surface area contributed by atoms with Crippen LogP contribution < -0.4 is 0 Å². The van der Waals surface area contributed by atoms with Crippen LogP contribution in [0.3, 0.4) is 0 Å². The molecule has 0 spiro atoms. The quantitative estimate of drug-likeness (QED) is 0.834. The summed E-state index contributed by atoms with van der Waals surface area (Å²) in [6.07, 6.45) is 1.01. The predicted molar refractivity (Wildman–Crippen MR) is 69.8 cm³/mol. The third-order valence-electron chi connectivity index (χ3n) is 2.33. The van der Waals surface area contributed by atoms with Crippen molar-refractivity contribution in [1.29, 1.82) is 0 Å². The number of benzene rings is 1. The molecule has 0 fully saturated rings. The van der Waals surface area contributed by atoms with Crippen LogP contribution >= 0.6 is 15.9 Å². The highest BCUT2D eigenvalue weighted by Crippen LogP contribution is 2.19. The first-order chi connectivity index (χ1) is 7.66. The van der Waals surface area contributed by atoms with Crippen LogP contribution in [0.15, 0.2) is 41.0 Å². The van der Waals surface area contributed by atoms with Gasteiger partial charge in [-0.2, -0.15) is 5.10 Å². The summed E-state index contributed by atoms with van der Waals surface area (Å²) in [6.45, 7) is 4.41. The molecular weight excluding hydrogens is 264 g/mol. The molecule has 3 heteroatoms. The minimum atomic E-state index is 0.631. The molecule has 1 aromatic heterocycles. The number of para-hydroxylation sites is 1. The van der Waals surface area contributed by atoms with E-state index in [1.807, 2.05) is 22.9 Å². The highest BCUT2D eigenvalue weighted by molar-refractivity contribution is 9.10. The van der Waals surface area contributed by atoms with Gasteiger partial charge in [-0.25, -0.2) is 4.68 Å². The Balaban J connectivity index is 2.32. The van der Waals surface area contributed by atoms with Crippen LogP contribution in [0, 0.1) is 5.92 Å². The second kappa shape index (κ2) is 4.83. The standard InChI is InChI=1S/C13H15BrN2/c1-10(2)8-11-9-13(14)16(15-11)12-6-4-3-5-7-12/h3-7,9-10H,8H2,1-2H3. The lowest BCUT2D eigenvalue weighted by atomic mass is 10.1. The summed E-state index contributed by atoms with van der Waals surface area (Å²) >= 11 is 3.54. The number of halogens is 1. The topological polar surface area (TPSA) is 17.8 Å². The van der Waals surface area contributed by atoms with Crippen LogP contribution in [0.4, 0.5) is 0 Å². The number of aromatic nitrogens is 2. The molecule has 84 valence electrons. The van der Waals surface area contributed by atoms with Gasteiger partial charge >= 0.3 is 0 Å². The molecule has 2 nitrogen and oxygen atoms in total. The van der Waals surface area contributed by atoms with E-state index in [0.717, 1.165) is 22.4 Å². The van der Waals surface area contributed by atoms with E-state index >= 15 is 0 Å². The average molecular weight is 279 g/mol. The van der Waals surface area contributed by atoms with Gasteiger partial charge in [-0.1, -0.05) is 32.0 Å². The second-order valence-electron chi connectivity index (χ2n) is 4.30. The van der Waals surface area contributed by atoms with Gasteiger partial charge in [-0.15, -0.1) is 0 Å². The Bertz CT molecular complexity index is 460. The van der Waals surface area contributed by atoms with Crippen LogP contribution in [0.1, 0.15) is 19.5 Å². The number of nitrogens with zero attached hydrogens (tertiary/aromatic N) is 2. The molecule has 0 saturated carbocycles. The molecule has 0 saturated heterocycles. The molecule has 2 aromatic rings. The fourth-order valence-corrected chi connectivity index (χ4v) is 2.22. The maximum atomic E-state index is 4.59. The molecule has 0 bridgehead atoms. The first-order valence-corrected chi connectivity index (χ1v) is 6.26. The van der Waals surface area contributed by atoms with Crippen LogP contribution in [0.2, 0.25) is 0 Å². The highest BCUT2D eigenvalue weighted by Gasteiger charge is 2.08. The number of hydrogen-bond donors (Lipinski definition) is 0. The average Bonchev–Trinajstić information content (AvgIpc) is 2.60. The normalized spacial score (nSPS) is 11.0. The van der Waals surface area contributed by atoms with E-state index in [-0.39, 0.29) is 0 Å². The zero-order valence-corrected chi connectivity index (χ0v) is 11.1. The fourth-order valence-electron chi connectivity index (χ4n) is 1.67. The molecule has 0 atom stereocenters. The Hall–Kier alpha value is -1.09. The molecule has 0 unspecified atom stereocenters. The molecule has 1 aromatic carbocycles. The summed E-state index contributed by atoms with van der Waals surface area (Å²) in [4.78, 5) is 0. The van der Waals surface area contributed by atoms with E-state index in [9.17, 15) is 0 Å². The minimum Gasteiger partial charge on any atom is -0.226 e. The lowest BCUT2D eigenvalue weighted by Crippen LogP contribution is -1.99. The fraction of sp³-hybridized carbons (Fsp3) is 0.308. The van der Waals surface area contributed by atoms with Crippen molar-refractivity contribution in [3.63, 3.8) is 0 Å². The van der Waals surface area contributed by atoms with Gasteiger partial charge in [0.25, 0.3) is 0 Å². The van der Waals surface area contributed by atoms with Crippen molar-refractivity contribution < 1.29 is 0 Å². The number of hydrogen-bond acceptors (Lipinski definition) is 1. The third kappa shape index (κ3) is 2.53. The van der Waals surface area contributed by atoms with E-state index in [2.05, 4.69) is 53.1 Å². The third-order valence-corrected chi connectivity index (χ3v) is 2.90. The smallest absolute Gasteiger partial charge is 0.110 e. The van der Waals surface area contributed by atoms with Crippen molar-refractivity contribution in [3.05, 3.63) is 46.7 Å². The van der Waals surface area contributed by atoms with Gasteiger partial charge < -0.3 is 0 Å². The van der Waals surface area contributed by atoms with Crippen LogP contribution in [0.25, 0.3) is 5.69 Å². The maximum absolute atomic E-state index is 4.59. The predicted octanol–water partition coefficient (Wildman–Crippen LogP) is 3.83. The van der Waals surface area contributed by atoms with Crippen molar-refractivity contribution in [2.75, 3.05) is 0 Å². The van der Waals surface area contributed by atoms with Crippen LogP contribution in [-0.4, -0.2) is 9.78 Å². The lowest BCUT2D eigenvalue weighted by molar-refractivity contribution is 0.628. The molecule has 1 heterocycles. The molecule has 0 radical (unpaired) electrons. The summed E-state index contributed by atoms with van der Waals surface area (Å²) < 4.78 is 2.94. The summed E-state index contributed by atoms with van der Waals surface area (Å²) in [7, 11) is 0. The van der Waals surface area contributed by atoms with Gasteiger partial charge in [-0.3, -0.25) is 0 Å². The summed E-state index contributed by atoms with van der Waals surface area (Å²) in [6, 6.07) is 12.2. The lowest BCUT2D eigenvalue weighted by Gasteiger charge is -2.02. The SMILES string of the molecule is CC(C)Cc1cc(Br)n(-c2ccccc2)n1. The molecule has 0 aliphatic heterocycles. The van der Waals surface area contributed by atoms with Crippen LogP contribution in [0.5, 0.6) is 0 Å². The Morgan fingerprint density at radius 2 is 1.94 bits per heavy atom. The zero-order chi connectivity index (χ0) is 11.5. The molecule has 0 aliphatic rings. The maximum Gasteiger partial charge on any atom is 0.110 e. The van der Waals surface area contributed by atoms with Crippen molar-refractivity contribution in [2.24, 2.45) is 5.92 Å². The Kier molecular flexibility index (Phi) is 3.44. The van der Waals surface area contributed by atoms with E-state index < -0.39 is 0 Å². The zero-order valence-electron chi connectivity index (χ0n) is 9.52. The second-order valence-corrected chi connectivity index (χ2v) is 5.12. The molecule has 16 heavy (non-hydrogen) atoms. The van der Waals surface area contributed by atoms with Crippen molar-refractivity contribution in [3.8, 4) is 5.69 Å². The monoisotopic (exact) mass is 278 g/mol. The minimum absolute atomic E-state index is 0.631. The molecule has 0 N–H and O–H groups in total. The highest BCUT2D eigenvalue weighted by atomic mass is 79.9. The number of rotatable bonds is 3. The van der Waals surface area contributed by atoms with Gasteiger partial charge in [0.2, 0.25) is 0 Å². The van der Waals surface area contributed by atoms with Gasteiger partial charge in [-0.05, 0) is 46.5 Å². The first-order valence-electron chi connectivity index (χ1n) is 5.46. The van der Waals surface area contributed by atoms with Gasteiger partial charge in [0.15, 0.2) is 0 Å². The Labute approximate surface area is 104 Å².